The molecule has 4 heterocycles. The van der Waals surface area contributed by atoms with Gasteiger partial charge < -0.3 is 19.7 Å². The highest BCUT2D eigenvalue weighted by Crippen LogP contribution is 2.32. The van der Waals surface area contributed by atoms with E-state index < -0.39 is 0 Å². The quantitative estimate of drug-likeness (QED) is 0.374. The SMILES string of the molecule is C=CC(=O)n1cc(-c2ccc(N3CCOCC3)nc2)c2ccc(C(=O)NCCCN3CCOCC3)cc21. The highest BCUT2D eigenvalue weighted by molar-refractivity contribution is 6.07. The topological polar surface area (TPSA) is 88.9 Å². The van der Waals surface area contributed by atoms with Gasteiger partial charge in [0.25, 0.3) is 11.8 Å². The van der Waals surface area contributed by atoms with Gasteiger partial charge in [0.05, 0.1) is 31.9 Å². The van der Waals surface area contributed by atoms with Crippen molar-refractivity contribution in [2.75, 3.05) is 70.6 Å². The van der Waals surface area contributed by atoms with E-state index in [9.17, 15) is 9.59 Å². The molecule has 0 atom stereocenters. The van der Waals surface area contributed by atoms with Crippen LogP contribution in [0.5, 0.6) is 0 Å². The molecule has 0 radical (unpaired) electrons. The number of ether oxygens (including phenoxy) is 2. The number of aromatic nitrogens is 2. The Morgan fingerprint density at radius 1 is 1.03 bits per heavy atom. The molecule has 5 rings (SSSR count). The summed E-state index contributed by atoms with van der Waals surface area (Å²) in [5.74, 6) is 0.503. The van der Waals surface area contributed by atoms with E-state index in [1.165, 1.54) is 6.08 Å². The van der Waals surface area contributed by atoms with Gasteiger partial charge >= 0.3 is 0 Å². The van der Waals surface area contributed by atoms with Gasteiger partial charge in [0.2, 0.25) is 0 Å². The monoisotopic (exact) mass is 503 g/mol. The summed E-state index contributed by atoms with van der Waals surface area (Å²) in [5.41, 5.74) is 2.96. The Morgan fingerprint density at radius 3 is 2.49 bits per heavy atom. The number of hydrogen-bond donors (Lipinski definition) is 1. The van der Waals surface area contributed by atoms with Crippen molar-refractivity contribution in [2.24, 2.45) is 0 Å². The van der Waals surface area contributed by atoms with Gasteiger partial charge in [-0.1, -0.05) is 12.6 Å². The number of pyridine rings is 1. The van der Waals surface area contributed by atoms with E-state index in [4.69, 9.17) is 9.47 Å². The second-order valence-electron chi connectivity index (χ2n) is 9.26. The number of amides is 1. The molecule has 37 heavy (non-hydrogen) atoms. The smallest absolute Gasteiger partial charge is 0.254 e. The molecule has 0 aliphatic carbocycles. The molecular weight excluding hydrogens is 470 g/mol. The van der Waals surface area contributed by atoms with Crippen molar-refractivity contribution in [3.8, 4) is 11.1 Å². The fourth-order valence-corrected chi connectivity index (χ4v) is 4.84. The fourth-order valence-electron chi connectivity index (χ4n) is 4.84. The second kappa shape index (κ2) is 11.7. The predicted octanol–water partition coefficient (Wildman–Crippen LogP) is 2.82. The van der Waals surface area contributed by atoms with Crippen LogP contribution < -0.4 is 10.2 Å². The lowest BCUT2D eigenvalue weighted by atomic mass is 10.0. The molecule has 194 valence electrons. The van der Waals surface area contributed by atoms with Crippen molar-refractivity contribution in [3.63, 3.8) is 0 Å². The van der Waals surface area contributed by atoms with Gasteiger partial charge in [-0.25, -0.2) is 4.98 Å². The largest absolute Gasteiger partial charge is 0.379 e. The van der Waals surface area contributed by atoms with Gasteiger partial charge in [0.1, 0.15) is 5.82 Å². The first kappa shape index (κ1) is 25.1. The zero-order chi connectivity index (χ0) is 25.6. The molecule has 9 heteroatoms. The highest BCUT2D eigenvalue weighted by Gasteiger charge is 2.18. The number of rotatable bonds is 8. The van der Waals surface area contributed by atoms with E-state index in [0.717, 1.165) is 74.7 Å². The number of nitrogens with one attached hydrogen (secondary N) is 1. The Kier molecular flexibility index (Phi) is 7.93. The number of carbonyl (C=O) groups is 2. The minimum absolute atomic E-state index is 0.152. The molecule has 0 unspecified atom stereocenters. The second-order valence-corrected chi connectivity index (χ2v) is 9.26. The van der Waals surface area contributed by atoms with Crippen LogP contribution >= 0.6 is 0 Å². The molecule has 3 aromatic rings. The van der Waals surface area contributed by atoms with Crippen molar-refractivity contribution in [1.82, 2.24) is 19.8 Å². The summed E-state index contributed by atoms with van der Waals surface area (Å²) in [6.07, 6.45) is 5.78. The first-order valence-corrected chi connectivity index (χ1v) is 12.8. The van der Waals surface area contributed by atoms with Crippen molar-refractivity contribution in [1.29, 1.82) is 0 Å². The van der Waals surface area contributed by atoms with Gasteiger partial charge in [0, 0.05) is 67.2 Å². The Balaban J connectivity index is 1.33. The van der Waals surface area contributed by atoms with Crippen molar-refractivity contribution < 1.29 is 19.1 Å². The lowest BCUT2D eigenvalue weighted by Gasteiger charge is -2.27. The molecule has 2 fully saturated rings. The van der Waals surface area contributed by atoms with Crippen molar-refractivity contribution in [2.45, 2.75) is 6.42 Å². The van der Waals surface area contributed by atoms with Gasteiger partial charge in [-0.3, -0.25) is 19.1 Å². The van der Waals surface area contributed by atoms with Crippen LogP contribution in [-0.4, -0.2) is 92.0 Å². The predicted molar refractivity (Wildman–Crippen MR) is 143 cm³/mol. The number of nitrogens with zero attached hydrogens (tertiary/aromatic N) is 4. The van der Waals surface area contributed by atoms with E-state index in [-0.39, 0.29) is 11.8 Å². The number of morpholine rings is 2. The summed E-state index contributed by atoms with van der Waals surface area (Å²) in [7, 11) is 0. The number of anilines is 1. The lowest BCUT2D eigenvalue weighted by molar-refractivity contribution is 0.0374. The van der Waals surface area contributed by atoms with E-state index in [1.807, 2.05) is 24.4 Å². The van der Waals surface area contributed by atoms with Crippen LogP contribution in [0.4, 0.5) is 5.82 Å². The van der Waals surface area contributed by atoms with Crippen LogP contribution in [0.3, 0.4) is 0 Å². The average Bonchev–Trinajstić information content (AvgIpc) is 3.35. The van der Waals surface area contributed by atoms with Crippen LogP contribution in [0.25, 0.3) is 22.0 Å². The van der Waals surface area contributed by atoms with E-state index in [1.54, 1.807) is 22.9 Å². The molecule has 0 spiro atoms. The summed E-state index contributed by atoms with van der Waals surface area (Å²) in [5, 5.41) is 3.88. The Bertz CT molecular complexity index is 1260. The maximum absolute atomic E-state index is 12.9. The number of allylic oxidation sites excluding steroid dienone is 1. The maximum atomic E-state index is 12.9. The lowest BCUT2D eigenvalue weighted by Crippen LogP contribution is -2.38. The third kappa shape index (κ3) is 5.74. The van der Waals surface area contributed by atoms with E-state index in [2.05, 4.69) is 26.7 Å². The molecule has 2 aliphatic rings. The zero-order valence-electron chi connectivity index (χ0n) is 21.0. The summed E-state index contributed by atoms with van der Waals surface area (Å²) in [4.78, 5) is 34.8. The van der Waals surface area contributed by atoms with E-state index in [0.29, 0.717) is 30.8 Å². The highest BCUT2D eigenvalue weighted by atomic mass is 16.5. The molecule has 0 saturated carbocycles. The number of fused-ring (bicyclic) bond motifs is 1. The van der Waals surface area contributed by atoms with E-state index >= 15 is 0 Å². The molecule has 0 bridgehead atoms. The fraction of sp³-hybridized carbons (Fsp3) is 0.393. The number of hydrogen-bond acceptors (Lipinski definition) is 7. The molecule has 1 aromatic carbocycles. The van der Waals surface area contributed by atoms with Crippen molar-refractivity contribution >= 4 is 28.5 Å². The molecular formula is C28H33N5O4. The molecule has 9 nitrogen and oxygen atoms in total. The molecule has 2 aromatic heterocycles. The zero-order valence-corrected chi connectivity index (χ0v) is 21.0. The third-order valence-corrected chi connectivity index (χ3v) is 6.91. The first-order chi connectivity index (χ1) is 18.1. The van der Waals surface area contributed by atoms with Crippen LogP contribution in [-0.2, 0) is 9.47 Å². The van der Waals surface area contributed by atoms with Gasteiger partial charge in [-0.2, -0.15) is 0 Å². The number of carbonyl (C=O) groups excluding carboxylic acids is 2. The number of benzene rings is 1. The van der Waals surface area contributed by atoms with Gasteiger partial charge in [0.15, 0.2) is 0 Å². The Morgan fingerprint density at radius 2 is 1.78 bits per heavy atom. The standard InChI is InChI=1S/C28H33N5O4/c1-2-27(34)33-20-24(22-5-7-26(30-19-22)32-12-16-37-17-13-32)23-6-4-21(18-25(23)33)28(35)29-8-3-9-31-10-14-36-15-11-31/h2,4-7,18-20H,1,3,8-17H2,(H,29,35). The Labute approximate surface area is 216 Å². The molecule has 2 aliphatic heterocycles. The van der Waals surface area contributed by atoms with Crippen molar-refractivity contribution in [3.05, 3.63) is 60.9 Å². The molecule has 1 N–H and O–H groups in total. The summed E-state index contributed by atoms with van der Waals surface area (Å²) < 4.78 is 12.4. The van der Waals surface area contributed by atoms with Crippen LogP contribution in [0, 0.1) is 0 Å². The third-order valence-electron chi connectivity index (χ3n) is 6.91. The first-order valence-electron chi connectivity index (χ1n) is 12.8. The van der Waals surface area contributed by atoms with Gasteiger partial charge in [-0.15, -0.1) is 0 Å². The summed E-state index contributed by atoms with van der Waals surface area (Å²) >= 11 is 0. The van der Waals surface area contributed by atoms with Crippen LogP contribution in [0.1, 0.15) is 21.6 Å². The summed E-state index contributed by atoms with van der Waals surface area (Å²) in [6.45, 7) is 11.6. The summed E-state index contributed by atoms with van der Waals surface area (Å²) in [6, 6.07) is 9.49. The minimum Gasteiger partial charge on any atom is -0.379 e. The molecule has 2 saturated heterocycles. The molecule has 1 amide bonds. The maximum Gasteiger partial charge on any atom is 0.254 e. The van der Waals surface area contributed by atoms with Gasteiger partial charge in [-0.05, 0) is 43.3 Å². The average molecular weight is 504 g/mol. The van der Waals surface area contributed by atoms with Crippen LogP contribution in [0.2, 0.25) is 0 Å². The van der Waals surface area contributed by atoms with Crippen LogP contribution in [0.15, 0.2) is 55.4 Å². The minimum atomic E-state index is -0.253. The normalized spacial score (nSPS) is 16.6. The Hall–Kier alpha value is -3.53.